The minimum absolute atomic E-state index is 0.589. The molecule has 0 aliphatic rings. The van der Waals surface area contributed by atoms with E-state index in [1.807, 2.05) is 30.3 Å². The van der Waals surface area contributed by atoms with E-state index in [1.54, 1.807) is 7.11 Å². The maximum Gasteiger partial charge on any atom is 0.225 e. The van der Waals surface area contributed by atoms with Gasteiger partial charge in [0.2, 0.25) is 5.95 Å². The third-order valence-electron chi connectivity index (χ3n) is 4.77. The quantitative estimate of drug-likeness (QED) is 0.574. The number of benzene rings is 2. The van der Waals surface area contributed by atoms with Gasteiger partial charge in [0.25, 0.3) is 0 Å². The molecular weight excluding hydrogens is 336 g/mol. The van der Waals surface area contributed by atoms with Gasteiger partial charge in [-0.2, -0.15) is 4.98 Å². The van der Waals surface area contributed by atoms with Crippen LogP contribution in [0.15, 0.2) is 48.5 Å². The Labute approximate surface area is 161 Å². The Morgan fingerprint density at radius 3 is 2.52 bits per heavy atom. The molecule has 1 atom stereocenters. The van der Waals surface area contributed by atoms with Gasteiger partial charge in [0, 0.05) is 18.5 Å². The highest BCUT2D eigenvalue weighted by Crippen LogP contribution is 2.22. The molecule has 0 bridgehead atoms. The van der Waals surface area contributed by atoms with E-state index >= 15 is 0 Å². The van der Waals surface area contributed by atoms with Crippen LogP contribution in [0.1, 0.15) is 25.8 Å². The second-order valence-corrected chi connectivity index (χ2v) is 6.83. The highest BCUT2D eigenvalue weighted by atomic mass is 16.5. The van der Waals surface area contributed by atoms with Crippen LogP contribution in [0.4, 0.5) is 11.8 Å². The molecule has 0 fully saturated rings. The van der Waals surface area contributed by atoms with E-state index in [1.165, 1.54) is 5.56 Å². The molecule has 5 heteroatoms. The van der Waals surface area contributed by atoms with Crippen LogP contribution >= 0.6 is 0 Å². The average Bonchev–Trinajstić information content (AvgIpc) is 2.72. The first-order valence-electron chi connectivity index (χ1n) is 9.57. The summed E-state index contributed by atoms with van der Waals surface area (Å²) in [5.74, 6) is 3.03. The molecule has 3 rings (SSSR count). The van der Waals surface area contributed by atoms with Crippen molar-refractivity contribution in [3.05, 3.63) is 54.1 Å². The number of aromatic nitrogens is 2. The van der Waals surface area contributed by atoms with E-state index in [0.29, 0.717) is 11.9 Å². The fourth-order valence-corrected chi connectivity index (χ4v) is 2.82. The summed E-state index contributed by atoms with van der Waals surface area (Å²) in [6, 6.07) is 16.3. The normalized spacial score (nSPS) is 12.0. The SMILES string of the molecule is CCC(C)CNc1nc(NCCc2ccc(OC)cc2)c2ccccc2n1. The van der Waals surface area contributed by atoms with E-state index in [4.69, 9.17) is 9.72 Å². The highest BCUT2D eigenvalue weighted by Gasteiger charge is 2.08. The van der Waals surface area contributed by atoms with Gasteiger partial charge in [-0.05, 0) is 42.2 Å². The highest BCUT2D eigenvalue weighted by molar-refractivity contribution is 5.90. The van der Waals surface area contributed by atoms with Gasteiger partial charge >= 0.3 is 0 Å². The zero-order valence-corrected chi connectivity index (χ0v) is 16.3. The topological polar surface area (TPSA) is 59.1 Å². The summed E-state index contributed by atoms with van der Waals surface area (Å²) >= 11 is 0. The number of fused-ring (bicyclic) bond motifs is 1. The summed E-state index contributed by atoms with van der Waals surface area (Å²) in [6.45, 7) is 6.10. The molecule has 0 radical (unpaired) electrons. The first-order valence-corrected chi connectivity index (χ1v) is 9.57. The lowest BCUT2D eigenvalue weighted by atomic mass is 10.1. The van der Waals surface area contributed by atoms with Crippen molar-refractivity contribution in [3.63, 3.8) is 0 Å². The van der Waals surface area contributed by atoms with E-state index in [-0.39, 0.29) is 0 Å². The molecule has 0 saturated carbocycles. The predicted octanol–water partition coefficient (Wildman–Crippen LogP) is 4.75. The minimum Gasteiger partial charge on any atom is -0.497 e. The van der Waals surface area contributed by atoms with Gasteiger partial charge in [-0.15, -0.1) is 0 Å². The number of anilines is 2. The van der Waals surface area contributed by atoms with E-state index in [0.717, 1.165) is 48.4 Å². The molecule has 0 amide bonds. The standard InChI is InChI=1S/C22H28N4O/c1-4-16(2)15-24-22-25-20-8-6-5-7-19(20)21(26-22)23-14-13-17-9-11-18(27-3)12-10-17/h5-12,16H,4,13-15H2,1-3H3,(H2,23,24,25,26). The molecule has 0 spiro atoms. The zero-order chi connectivity index (χ0) is 19.1. The number of methoxy groups -OCH3 is 1. The van der Waals surface area contributed by atoms with Crippen molar-refractivity contribution < 1.29 is 4.74 Å². The summed E-state index contributed by atoms with van der Waals surface area (Å²) in [5, 5.41) is 7.90. The third kappa shape index (κ3) is 5.09. The van der Waals surface area contributed by atoms with Crippen LogP contribution in [0.25, 0.3) is 10.9 Å². The monoisotopic (exact) mass is 364 g/mol. The second-order valence-electron chi connectivity index (χ2n) is 6.83. The number of nitrogens with one attached hydrogen (secondary N) is 2. The van der Waals surface area contributed by atoms with Crippen LogP contribution < -0.4 is 15.4 Å². The largest absolute Gasteiger partial charge is 0.497 e. The minimum atomic E-state index is 0.589. The second kappa shape index (κ2) is 9.21. The molecule has 0 aliphatic carbocycles. The molecule has 1 aromatic heterocycles. The molecule has 5 nitrogen and oxygen atoms in total. The summed E-state index contributed by atoms with van der Waals surface area (Å²) in [7, 11) is 1.68. The summed E-state index contributed by atoms with van der Waals surface area (Å²) in [6.07, 6.45) is 2.05. The summed E-state index contributed by atoms with van der Waals surface area (Å²) < 4.78 is 5.21. The Kier molecular flexibility index (Phi) is 6.47. The maximum absolute atomic E-state index is 5.21. The molecule has 0 aliphatic heterocycles. The van der Waals surface area contributed by atoms with E-state index < -0.39 is 0 Å². The molecule has 2 aromatic carbocycles. The molecule has 0 saturated heterocycles. The Morgan fingerprint density at radius 1 is 1.00 bits per heavy atom. The van der Waals surface area contributed by atoms with Crippen LogP contribution in [-0.2, 0) is 6.42 Å². The van der Waals surface area contributed by atoms with Gasteiger partial charge in [-0.25, -0.2) is 4.98 Å². The number of hydrogen-bond acceptors (Lipinski definition) is 5. The van der Waals surface area contributed by atoms with Gasteiger partial charge in [-0.3, -0.25) is 0 Å². The fraction of sp³-hybridized carbons (Fsp3) is 0.364. The third-order valence-corrected chi connectivity index (χ3v) is 4.77. The zero-order valence-electron chi connectivity index (χ0n) is 16.3. The lowest BCUT2D eigenvalue weighted by Crippen LogP contribution is -2.14. The molecule has 1 unspecified atom stereocenters. The smallest absolute Gasteiger partial charge is 0.225 e. The average molecular weight is 364 g/mol. The molecule has 1 heterocycles. The van der Waals surface area contributed by atoms with Crippen molar-refractivity contribution in [2.24, 2.45) is 5.92 Å². The number of ether oxygens (including phenoxy) is 1. The van der Waals surface area contributed by atoms with Crippen LogP contribution in [0, 0.1) is 5.92 Å². The van der Waals surface area contributed by atoms with Crippen LogP contribution in [0.2, 0.25) is 0 Å². The molecule has 27 heavy (non-hydrogen) atoms. The van der Waals surface area contributed by atoms with Crippen molar-refractivity contribution in [1.29, 1.82) is 0 Å². The maximum atomic E-state index is 5.21. The van der Waals surface area contributed by atoms with Gasteiger partial charge < -0.3 is 15.4 Å². The van der Waals surface area contributed by atoms with Crippen molar-refractivity contribution in [3.8, 4) is 5.75 Å². The van der Waals surface area contributed by atoms with E-state index in [2.05, 4.69) is 47.7 Å². The van der Waals surface area contributed by atoms with Crippen molar-refractivity contribution in [2.45, 2.75) is 26.7 Å². The van der Waals surface area contributed by atoms with Crippen LogP contribution in [0.5, 0.6) is 5.75 Å². The van der Waals surface area contributed by atoms with Crippen LogP contribution in [-0.4, -0.2) is 30.2 Å². The van der Waals surface area contributed by atoms with Crippen molar-refractivity contribution in [1.82, 2.24) is 9.97 Å². The Balaban J connectivity index is 1.71. The predicted molar refractivity (Wildman–Crippen MR) is 113 cm³/mol. The van der Waals surface area contributed by atoms with Crippen LogP contribution in [0.3, 0.4) is 0 Å². The summed E-state index contributed by atoms with van der Waals surface area (Å²) in [4.78, 5) is 9.36. The number of nitrogens with zero attached hydrogens (tertiary/aromatic N) is 2. The van der Waals surface area contributed by atoms with Gasteiger partial charge in [-0.1, -0.05) is 44.5 Å². The molecule has 3 aromatic rings. The summed E-state index contributed by atoms with van der Waals surface area (Å²) in [5.41, 5.74) is 2.21. The molecule has 142 valence electrons. The lowest BCUT2D eigenvalue weighted by Gasteiger charge is -2.14. The van der Waals surface area contributed by atoms with Gasteiger partial charge in [0.1, 0.15) is 11.6 Å². The van der Waals surface area contributed by atoms with Crippen molar-refractivity contribution in [2.75, 3.05) is 30.8 Å². The first kappa shape index (κ1) is 19.0. The van der Waals surface area contributed by atoms with Gasteiger partial charge in [0.15, 0.2) is 0 Å². The number of rotatable bonds is 9. The Bertz CT molecular complexity index is 864. The molecular formula is C22H28N4O. The molecule has 2 N–H and O–H groups in total. The van der Waals surface area contributed by atoms with Gasteiger partial charge in [0.05, 0.1) is 12.6 Å². The Hall–Kier alpha value is -2.82. The Morgan fingerprint density at radius 2 is 1.78 bits per heavy atom. The van der Waals surface area contributed by atoms with Crippen molar-refractivity contribution >= 4 is 22.7 Å². The van der Waals surface area contributed by atoms with E-state index in [9.17, 15) is 0 Å². The number of hydrogen-bond donors (Lipinski definition) is 2. The lowest BCUT2D eigenvalue weighted by molar-refractivity contribution is 0.414. The number of para-hydroxylation sites is 1. The fourth-order valence-electron chi connectivity index (χ4n) is 2.82. The first-order chi connectivity index (χ1) is 13.2.